The highest BCUT2D eigenvalue weighted by atomic mass is 16.5. The molecule has 6 nitrogen and oxygen atoms in total. The summed E-state index contributed by atoms with van der Waals surface area (Å²) in [5.41, 5.74) is 1.39. The summed E-state index contributed by atoms with van der Waals surface area (Å²) < 4.78 is 5.53. The Bertz CT molecular complexity index is 802. The first-order valence-electron chi connectivity index (χ1n) is 10.3. The highest BCUT2D eigenvalue weighted by molar-refractivity contribution is 5.96. The van der Waals surface area contributed by atoms with Crippen molar-refractivity contribution >= 4 is 17.6 Å². The van der Waals surface area contributed by atoms with Gasteiger partial charge >= 0.3 is 6.03 Å². The van der Waals surface area contributed by atoms with Crippen LogP contribution < -0.4 is 15.4 Å². The lowest BCUT2D eigenvalue weighted by molar-refractivity contribution is 0.0945. The molecule has 0 radical (unpaired) electrons. The maximum atomic E-state index is 12.4. The maximum absolute atomic E-state index is 12.4. The molecule has 6 heteroatoms. The largest absolute Gasteiger partial charge is 0.493 e. The van der Waals surface area contributed by atoms with Gasteiger partial charge in [0.1, 0.15) is 5.75 Å². The zero-order chi connectivity index (χ0) is 20.5. The minimum Gasteiger partial charge on any atom is -0.493 e. The number of carbonyl (C=O) groups excluding carboxylic acids is 2. The molecule has 1 heterocycles. The number of para-hydroxylation sites is 2. The van der Waals surface area contributed by atoms with E-state index < -0.39 is 0 Å². The standard InChI is InChI=1S/C23H29N3O3/c1-2-29-21-11-7-6-10-20(21)22(27)24-15-12-18-13-16-26(17-14-18)23(28)25-19-8-4-3-5-9-19/h3-11,18H,2,12-17H2,1H3,(H,24,27)(H,25,28). The second-order valence-corrected chi connectivity index (χ2v) is 7.20. The molecule has 2 aromatic rings. The lowest BCUT2D eigenvalue weighted by Gasteiger charge is -2.32. The van der Waals surface area contributed by atoms with Gasteiger partial charge in [-0.2, -0.15) is 0 Å². The smallest absolute Gasteiger partial charge is 0.321 e. The zero-order valence-corrected chi connectivity index (χ0v) is 16.9. The van der Waals surface area contributed by atoms with Crippen molar-refractivity contribution in [3.8, 4) is 5.75 Å². The van der Waals surface area contributed by atoms with Crippen molar-refractivity contribution in [2.75, 3.05) is 31.6 Å². The van der Waals surface area contributed by atoms with Gasteiger partial charge in [-0.05, 0) is 56.4 Å². The molecule has 3 rings (SSSR count). The molecule has 1 fully saturated rings. The zero-order valence-electron chi connectivity index (χ0n) is 16.9. The highest BCUT2D eigenvalue weighted by Crippen LogP contribution is 2.21. The minimum absolute atomic E-state index is 0.0458. The highest BCUT2D eigenvalue weighted by Gasteiger charge is 2.23. The van der Waals surface area contributed by atoms with Gasteiger partial charge in [-0.25, -0.2) is 4.79 Å². The second-order valence-electron chi connectivity index (χ2n) is 7.20. The number of rotatable bonds is 7. The Morgan fingerprint density at radius 3 is 2.45 bits per heavy atom. The van der Waals surface area contributed by atoms with Crippen LogP contribution in [0.15, 0.2) is 54.6 Å². The molecule has 29 heavy (non-hydrogen) atoms. The van der Waals surface area contributed by atoms with Crippen LogP contribution in [0.1, 0.15) is 36.5 Å². The number of hydrogen-bond donors (Lipinski definition) is 2. The fraction of sp³-hybridized carbons (Fsp3) is 0.391. The van der Waals surface area contributed by atoms with Gasteiger partial charge in [-0.3, -0.25) is 4.79 Å². The lowest BCUT2D eigenvalue weighted by atomic mass is 9.93. The number of benzene rings is 2. The van der Waals surface area contributed by atoms with Crippen LogP contribution in [0.5, 0.6) is 5.75 Å². The molecule has 3 amide bonds. The quantitative estimate of drug-likeness (QED) is 0.740. The minimum atomic E-state index is -0.103. The number of anilines is 1. The number of nitrogens with one attached hydrogen (secondary N) is 2. The van der Waals surface area contributed by atoms with E-state index in [1.165, 1.54) is 0 Å². The topological polar surface area (TPSA) is 70.7 Å². The fourth-order valence-corrected chi connectivity index (χ4v) is 3.57. The van der Waals surface area contributed by atoms with Crippen molar-refractivity contribution in [3.63, 3.8) is 0 Å². The number of nitrogens with zero attached hydrogens (tertiary/aromatic N) is 1. The Labute approximate surface area is 172 Å². The maximum Gasteiger partial charge on any atom is 0.321 e. The Morgan fingerprint density at radius 1 is 1.03 bits per heavy atom. The first-order valence-corrected chi connectivity index (χ1v) is 10.3. The van der Waals surface area contributed by atoms with Crippen molar-refractivity contribution in [2.45, 2.75) is 26.2 Å². The van der Waals surface area contributed by atoms with E-state index in [9.17, 15) is 9.59 Å². The summed E-state index contributed by atoms with van der Waals surface area (Å²) in [6.07, 6.45) is 2.82. The summed E-state index contributed by atoms with van der Waals surface area (Å²) in [4.78, 5) is 26.7. The van der Waals surface area contributed by atoms with Gasteiger partial charge in [0.25, 0.3) is 5.91 Å². The molecule has 2 aromatic carbocycles. The van der Waals surface area contributed by atoms with Crippen LogP contribution in [0.3, 0.4) is 0 Å². The van der Waals surface area contributed by atoms with E-state index in [4.69, 9.17) is 4.74 Å². The molecule has 0 spiro atoms. The molecular weight excluding hydrogens is 366 g/mol. The van der Waals surface area contributed by atoms with E-state index >= 15 is 0 Å². The second kappa shape index (κ2) is 10.5. The SMILES string of the molecule is CCOc1ccccc1C(=O)NCCC1CCN(C(=O)Nc2ccccc2)CC1. The van der Waals surface area contributed by atoms with Crippen LogP contribution in [-0.4, -0.2) is 43.1 Å². The number of carbonyl (C=O) groups is 2. The first-order chi connectivity index (χ1) is 14.2. The Balaban J connectivity index is 1.39. The summed E-state index contributed by atoms with van der Waals surface area (Å²) in [5.74, 6) is 1.03. The number of piperidine rings is 1. The predicted octanol–water partition coefficient (Wildman–Crippen LogP) is 4.15. The van der Waals surface area contributed by atoms with E-state index in [0.717, 1.165) is 38.0 Å². The monoisotopic (exact) mass is 395 g/mol. The van der Waals surface area contributed by atoms with Crippen molar-refractivity contribution in [3.05, 3.63) is 60.2 Å². The van der Waals surface area contributed by atoms with Crippen molar-refractivity contribution < 1.29 is 14.3 Å². The summed E-state index contributed by atoms with van der Waals surface area (Å²) in [5, 5.41) is 5.94. The molecule has 154 valence electrons. The van der Waals surface area contributed by atoms with E-state index in [1.54, 1.807) is 6.07 Å². The predicted molar refractivity (Wildman–Crippen MR) is 114 cm³/mol. The average molecular weight is 396 g/mol. The Morgan fingerprint density at radius 2 is 1.72 bits per heavy atom. The summed E-state index contributed by atoms with van der Waals surface area (Å²) in [7, 11) is 0. The Kier molecular flexibility index (Phi) is 7.50. The fourth-order valence-electron chi connectivity index (χ4n) is 3.57. The van der Waals surface area contributed by atoms with Crippen LogP contribution in [-0.2, 0) is 0 Å². The number of hydrogen-bond acceptors (Lipinski definition) is 3. The van der Waals surface area contributed by atoms with E-state index in [0.29, 0.717) is 30.4 Å². The number of urea groups is 1. The van der Waals surface area contributed by atoms with Gasteiger partial charge < -0.3 is 20.3 Å². The molecule has 1 aliphatic heterocycles. The van der Waals surface area contributed by atoms with Crippen molar-refractivity contribution in [1.29, 1.82) is 0 Å². The third-order valence-electron chi connectivity index (χ3n) is 5.20. The van der Waals surface area contributed by atoms with Gasteiger partial charge in [-0.15, -0.1) is 0 Å². The summed E-state index contributed by atoms with van der Waals surface area (Å²) >= 11 is 0. The molecule has 0 atom stereocenters. The average Bonchev–Trinajstić information content (AvgIpc) is 2.75. The molecule has 1 saturated heterocycles. The number of likely N-dealkylation sites (tertiary alicyclic amines) is 1. The lowest BCUT2D eigenvalue weighted by Crippen LogP contribution is -2.41. The van der Waals surface area contributed by atoms with Gasteiger partial charge in [0.05, 0.1) is 12.2 Å². The van der Waals surface area contributed by atoms with Crippen molar-refractivity contribution in [1.82, 2.24) is 10.2 Å². The molecule has 1 aliphatic rings. The van der Waals surface area contributed by atoms with Gasteiger partial charge in [0, 0.05) is 25.3 Å². The van der Waals surface area contributed by atoms with Crippen LogP contribution >= 0.6 is 0 Å². The Hall–Kier alpha value is -3.02. The van der Waals surface area contributed by atoms with Crippen LogP contribution in [0.25, 0.3) is 0 Å². The summed E-state index contributed by atoms with van der Waals surface area (Å²) in [6.45, 7) is 4.54. The molecule has 0 aliphatic carbocycles. The third-order valence-corrected chi connectivity index (χ3v) is 5.20. The molecule has 0 bridgehead atoms. The molecular formula is C23H29N3O3. The van der Waals surface area contributed by atoms with E-state index in [2.05, 4.69) is 10.6 Å². The summed E-state index contributed by atoms with van der Waals surface area (Å²) in [6, 6.07) is 16.8. The molecule has 0 saturated carbocycles. The number of amides is 3. The normalized spacial score (nSPS) is 14.3. The van der Waals surface area contributed by atoms with E-state index in [1.807, 2.05) is 60.4 Å². The van der Waals surface area contributed by atoms with Gasteiger partial charge in [0.2, 0.25) is 0 Å². The molecule has 0 aromatic heterocycles. The van der Waals surface area contributed by atoms with Crippen LogP contribution in [0, 0.1) is 5.92 Å². The first kappa shape index (κ1) is 20.7. The molecule has 0 unspecified atom stereocenters. The van der Waals surface area contributed by atoms with Crippen LogP contribution in [0.2, 0.25) is 0 Å². The third kappa shape index (κ3) is 5.98. The molecule has 2 N–H and O–H groups in total. The van der Waals surface area contributed by atoms with E-state index in [-0.39, 0.29) is 11.9 Å². The van der Waals surface area contributed by atoms with Crippen molar-refractivity contribution in [2.24, 2.45) is 5.92 Å². The van der Waals surface area contributed by atoms with Crippen LogP contribution in [0.4, 0.5) is 10.5 Å². The van der Waals surface area contributed by atoms with Gasteiger partial charge in [0.15, 0.2) is 0 Å². The number of ether oxygens (including phenoxy) is 1. The van der Waals surface area contributed by atoms with Gasteiger partial charge in [-0.1, -0.05) is 30.3 Å².